The zero-order chi connectivity index (χ0) is 10.5. The van der Waals surface area contributed by atoms with Crippen molar-refractivity contribution in [1.29, 1.82) is 0 Å². The van der Waals surface area contributed by atoms with E-state index in [4.69, 9.17) is 4.74 Å². The Morgan fingerprint density at radius 1 is 1.67 bits per heavy atom. The quantitative estimate of drug-likeness (QED) is 0.797. The molecule has 0 aromatic carbocycles. The van der Waals surface area contributed by atoms with Crippen molar-refractivity contribution in [1.82, 2.24) is 5.32 Å². The average molecular weight is 227 g/mol. The van der Waals surface area contributed by atoms with Gasteiger partial charge in [0.05, 0.1) is 12.6 Å². The summed E-state index contributed by atoms with van der Waals surface area (Å²) in [6, 6.07) is 0.477. The predicted octanol–water partition coefficient (Wildman–Crippen LogP) is 2.41. The van der Waals surface area contributed by atoms with Gasteiger partial charge in [0, 0.05) is 0 Å². The number of rotatable bonds is 4. The summed E-state index contributed by atoms with van der Waals surface area (Å²) < 4.78 is 5.79. The molecule has 0 radical (unpaired) electrons. The fourth-order valence-electron chi connectivity index (χ4n) is 2.33. The molecule has 1 N–H and O–H groups in total. The molecule has 0 saturated carbocycles. The molecule has 3 heteroatoms. The lowest BCUT2D eigenvalue weighted by molar-refractivity contribution is 0.154. The normalized spacial score (nSPS) is 28.3. The number of thioether (sulfide) groups is 1. The first-order valence-electron chi connectivity index (χ1n) is 6.05. The Balaban J connectivity index is 2.00. The van der Waals surface area contributed by atoms with Gasteiger partial charge >= 0.3 is 0 Å². The fraction of sp³-hybridized carbons (Fsp3) is 0.833. The van der Waals surface area contributed by atoms with Gasteiger partial charge in [-0.05, 0) is 49.3 Å². The molecular formula is C12H21NOS. The molecule has 0 amide bonds. The molecule has 2 heterocycles. The topological polar surface area (TPSA) is 21.3 Å². The minimum absolute atomic E-state index is 0.477. The second-order valence-electron chi connectivity index (χ2n) is 4.26. The van der Waals surface area contributed by atoms with Gasteiger partial charge in [-0.15, -0.1) is 0 Å². The lowest BCUT2D eigenvalue weighted by atomic mass is 9.96. The summed E-state index contributed by atoms with van der Waals surface area (Å²) in [5.41, 5.74) is 0. The van der Waals surface area contributed by atoms with E-state index in [1.807, 2.05) is 0 Å². The Morgan fingerprint density at radius 2 is 2.60 bits per heavy atom. The van der Waals surface area contributed by atoms with E-state index in [1.54, 1.807) is 0 Å². The molecule has 0 aliphatic carbocycles. The van der Waals surface area contributed by atoms with Crippen molar-refractivity contribution in [3.63, 3.8) is 0 Å². The van der Waals surface area contributed by atoms with Crippen LogP contribution in [0.4, 0.5) is 0 Å². The maximum Gasteiger partial charge on any atom is 0.109 e. The van der Waals surface area contributed by atoms with E-state index in [2.05, 4.69) is 30.1 Å². The minimum Gasteiger partial charge on any atom is -0.497 e. The first-order valence-corrected chi connectivity index (χ1v) is 7.21. The van der Waals surface area contributed by atoms with Gasteiger partial charge in [0.1, 0.15) is 5.76 Å². The summed E-state index contributed by atoms with van der Waals surface area (Å²) >= 11 is 2.08. The number of allylic oxidation sites excluding steroid dienone is 1. The highest BCUT2D eigenvalue weighted by Gasteiger charge is 2.29. The molecule has 86 valence electrons. The van der Waals surface area contributed by atoms with Crippen LogP contribution in [0, 0.1) is 5.92 Å². The second-order valence-corrected chi connectivity index (χ2v) is 5.41. The van der Waals surface area contributed by atoms with Crippen LogP contribution in [0.2, 0.25) is 0 Å². The van der Waals surface area contributed by atoms with Crippen molar-refractivity contribution in [2.45, 2.75) is 32.2 Å². The number of hydrogen-bond donors (Lipinski definition) is 1. The molecule has 0 aromatic rings. The maximum absolute atomic E-state index is 5.79. The van der Waals surface area contributed by atoms with E-state index >= 15 is 0 Å². The summed E-state index contributed by atoms with van der Waals surface area (Å²) in [5, 5.41) is 3.59. The lowest BCUT2D eigenvalue weighted by Crippen LogP contribution is -2.39. The van der Waals surface area contributed by atoms with Crippen molar-refractivity contribution in [3.8, 4) is 0 Å². The second kappa shape index (κ2) is 5.80. The molecule has 2 unspecified atom stereocenters. The van der Waals surface area contributed by atoms with Crippen molar-refractivity contribution >= 4 is 11.8 Å². The third-order valence-electron chi connectivity index (χ3n) is 3.13. The Bertz CT molecular complexity index is 224. The molecule has 15 heavy (non-hydrogen) atoms. The van der Waals surface area contributed by atoms with E-state index in [9.17, 15) is 0 Å². The maximum atomic E-state index is 5.79. The molecule has 1 saturated heterocycles. The molecule has 2 rings (SSSR count). The lowest BCUT2D eigenvalue weighted by Gasteiger charge is -2.28. The zero-order valence-corrected chi connectivity index (χ0v) is 10.3. The van der Waals surface area contributed by atoms with Crippen LogP contribution in [-0.4, -0.2) is 30.7 Å². The largest absolute Gasteiger partial charge is 0.497 e. The van der Waals surface area contributed by atoms with Gasteiger partial charge in [-0.25, -0.2) is 0 Å². The highest BCUT2D eigenvalue weighted by atomic mass is 32.2. The molecule has 2 nitrogen and oxygen atoms in total. The van der Waals surface area contributed by atoms with Gasteiger partial charge < -0.3 is 10.1 Å². The third kappa shape index (κ3) is 2.91. The average Bonchev–Trinajstić information content (AvgIpc) is 2.80. The van der Waals surface area contributed by atoms with E-state index in [-0.39, 0.29) is 0 Å². The Kier molecular flexibility index (Phi) is 4.39. The van der Waals surface area contributed by atoms with Crippen LogP contribution in [0.15, 0.2) is 11.8 Å². The van der Waals surface area contributed by atoms with E-state index in [0.29, 0.717) is 6.04 Å². The summed E-state index contributed by atoms with van der Waals surface area (Å²) in [4.78, 5) is 0. The summed E-state index contributed by atoms with van der Waals surface area (Å²) in [7, 11) is 0. The standard InChI is InChI=1S/C12H21NOS/c1-2-13-12(10-6-8-15-9-10)11-5-3-4-7-14-11/h5,10,12-13H,2-4,6-9H2,1H3. The van der Waals surface area contributed by atoms with Gasteiger partial charge in [-0.1, -0.05) is 6.92 Å². The molecule has 2 atom stereocenters. The summed E-state index contributed by atoms with van der Waals surface area (Å²) in [5.74, 6) is 4.60. The van der Waals surface area contributed by atoms with E-state index < -0.39 is 0 Å². The van der Waals surface area contributed by atoms with E-state index in [1.165, 1.54) is 36.5 Å². The SMILES string of the molecule is CCNC(C1=CCCCO1)C1CCSC1. The fourth-order valence-corrected chi connectivity index (χ4v) is 3.63. The predicted molar refractivity (Wildman–Crippen MR) is 66.2 cm³/mol. The van der Waals surface area contributed by atoms with Crippen LogP contribution in [-0.2, 0) is 4.74 Å². The van der Waals surface area contributed by atoms with Crippen LogP contribution < -0.4 is 5.32 Å². The molecule has 0 bridgehead atoms. The van der Waals surface area contributed by atoms with Crippen molar-refractivity contribution < 1.29 is 4.74 Å². The summed E-state index contributed by atoms with van der Waals surface area (Å²) in [6.07, 6.45) is 6.00. The molecule has 1 fully saturated rings. The van der Waals surface area contributed by atoms with Crippen LogP contribution in [0.25, 0.3) is 0 Å². The first-order chi connectivity index (χ1) is 7.42. The van der Waals surface area contributed by atoms with E-state index in [0.717, 1.165) is 19.1 Å². The monoisotopic (exact) mass is 227 g/mol. The highest BCUT2D eigenvalue weighted by Crippen LogP contribution is 2.30. The number of nitrogens with one attached hydrogen (secondary N) is 1. The Labute approximate surface area is 96.8 Å². The van der Waals surface area contributed by atoms with Crippen molar-refractivity contribution in [2.24, 2.45) is 5.92 Å². The Morgan fingerprint density at radius 3 is 3.20 bits per heavy atom. The van der Waals surface area contributed by atoms with Gasteiger partial charge in [-0.2, -0.15) is 11.8 Å². The third-order valence-corrected chi connectivity index (χ3v) is 4.32. The first kappa shape index (κ1) is 11.3. The van der Waals surface area contributed by atoms with Crippen LogP contribution in [0.3, 0.4) is 0 Å². The minimum atomic E-state index is 0.477. The Hall–Kier alpha value is -0.150. The van der Waals surface area contributed by atoms with Gasteiger partial charge in [0.15, 0.2) is 0 Å². The molecule has 2 aliphatic rings. The number of hydrogen-bond acceptors (Lipinski definition) is 3. The smallest absolute Gasteiger partial charge is 0.109 e. The molecule has 2 aliphatic heterocycles. The highest BCUT2D eigenvalue weighted by molar-refractivity contribution is 7.99. The van der Waals surface area contributed by atoms with Gasteiger partial charge in [0.25, 0.3) is 0 Å². The zero-order valence-electron chi connectivity index (χ0n) is 9.50. The van der Waals surface area contributed by atoms with Crippen LogP contribution in [0.1, 0.15) is 26.2 Å². The van der Waals surface area contributed by atoms with Crippen molar-refractivity contribution in [3.05, 3.63) is 11.8 Å². The molecule has 0 aromatic heterocycles. The molecule has 0 spiro atoms. The molecular weight excluding hydrogens is 206 g/mol. The van der Waals surface area contributed by atoms with Crippen molar-refractivity contribution in [2.75, 3.05) is 24.7 Å². The van der Waals surface area contributed by atoms with Gasteiger partial charge in [-0.3, -0.25) is 0 Å². The number of ether oxygens (including phenoxy) is 1. The summed E-state index contributed by atoms with van der Waals surface area (Å²) in [6.45, 7) is 4.12. The van der Waals surface area contributed by atoms with Crippen LogP contribution >= 0.6 is 11.8 Å². The number of likely N-dealkylation sites (N-methyl/N-ethyl adjacent to an activating group) is 1. The van der Waals surface area contributed by atoms with Crippen LogP contribution in [0.5, 0.6) is 0 Å². The van der Waals surface area contributed by atoms with Gasteiger partial charge in [0.2, 0.25) is 0 Å².